The van der Waals surface area contributed by atoms with Gasteiger partial charge in [0.25, 0.3) is 0 Å². The van der Waals surface area contributed by atoms with Crippen LogP contribution in [0.3, 0.4) is 0 Å². The SMILES string of the molecule is CNC(=O)CCOc1ccc(C=CC(=O)O)cc1Br. The number of carbonyl (C=O) groups is 2. The Hall–Kier alpha value is -1.82. The zero-order valence-electron chi connectivity index (χ0n) is 10.4. The Balaban J connectivity index is 2.62. The second-order valence-corrected chi connectivity index (χ2v) is 4.49. The molecule has 1 amide bonds. The largest absolute Gasteiger partial charge is 0.492 e. The fourth-order valence-corrected chi connectivity index (χ4v) is 1.79. The van der Waals surface area contributed by atoms with E-state index in [2.05, 4.69) is 21.2 Å². The summed E-state index contributed by atoms with van der Waals surface area (Å²) in [5.41, 5.74) is 0.743. The molecule has 5 nitrogen and oxygen atoms in total. The first-order chi connectivity index (χ1) is 9.02. The van der Waals surface area contributed by atoms with E-state index in [1.807, 2.05) is 0 Å². The molecule has 1 aromatic rings. The lowest BCUT2D eigenvalue weighted by molar-refractivity contribution is -0.131. The van der Waals surface area contributed by atoms with Gasteiger partial charge in [-0.05, 0) is 39.7 Å². The average molecular weight is 328 g/mol. The van der Waals surface area contributed by atoms with Crippen LogP contribution in [0, 0.1) is 0 Å². The highest BCUT2D eigenvalue weighted by atomic mass is 79.9. The van der Waals surface area contributed by atoms with Crippen molar-refractivity contribution in [3.63, 3.8) is 0 Å². The predicted molar refractivity (Wildman–Crippen MR) is 75.0 cm³/mol. The van der Waals surface area contributed by atoms with Crippen LogP contribution in [0.25, 0.3) is 6.08 Å². The lowest BCUT2D eigenvalue weighted by Gasteiger charge is -2.08. The van der Waals surface area contributed by atoms with Crippen LogP contribution in [0.15, 0.2) is 28.7 Å². The van der Waals surface area contributed by atoms with Crippen LogP contribution >= 0.6 is 15.9 Å². The van der Waals surface area contributed by atoms with Crippen molar-refractivity contribution in [1.29, 1.82) is 0 Å². The van der Waals surface area contributed by atoms with Gasteiger partial charge in [-0.25, -0.2) is 4.79 Å². The smallest absolute Gasteiger partial charge is 0.328 e. The first-order valence-corrected chi connectivity index (χ1v) is 6.36. The summed E-state index contributed by atoms with van der Waals surface area (Å²) in [5.74, 6) is -0.476. The van der Waals surface area contributed by atoms with E-state index in [1.54, 1.807) is 25.2 Å². The quantitative estimate of drug-likeness (QED) is 0.784. The van der Waals surface area contributed by atoms with E-state index in [0.717, 1.165) is 11.6 Å². The summed E-state index contributed by atoms with van der Waals surface area (Å²) in [6.45, 7) is 0.280. The predicted octanol–water partition coefficient (Wildman–Crippen LogP) is 2.06. The molecule has 19 heavy (non-hydrogen) atoms. The maximum Gasteiger partial charge on any atom is 0.328 e. The van der Waals surface area contributed by atoms with Crippen LogP contribution < -0.4 is 10.1 Å². The van der Waals surface area contributed by atoms with Crippen LogP contribution in [0.1, 0.15) is 12.0 Å². The van der Waals surface area contributed by atoms with E-state index in [0.29, 0.717) is 10.2 Å². The lowest BCUT2D eigenvalue weighted by atomic mass is 10.2. The molecule has 0 spiro atoms. The van der Waals surface area contributed by atoms with Gasteiger partial charge in [-0.2, -0.15) is 0 Å². The van der Waals surface area contributed by atoms with Gasteiger partial charge in [0.1, 0.15) is 5.75 Å². The average Bonchev–Trinajstić information content (AvgIpc) is 2.38. The summed E-state index contributed by atoms with van der Waals surface area (Å²) in [7, 11) is 1.57. The molecule has 0 bridgehead atoms. The highest BCUT2D eigenvalue weighted by molar-refractivity contribution is 9.10. The van der Waals surface area contributed by atoms with Gasteiger partial charge in [-0.1, -0.05) is 6.07 Å². The number of nitrogens with one attached hydrogen (secondary N) is 1. The molecule has 0 saturated carbocycles. The monoisotopic (exact) mass is 327 g/mol. The first kappa shape index (κ1) is 15.2. The Bertz CT molecular complexity index is 499. The lowest BCUT2D eigenvalue weighted by Crippen LogP contribution is -2.20. The zero-order valence-corrected chi connectivity index (χ0v) is 11.9. The van der Waals surface area contributed by atoms with E-state index in [4.69, 9.17) is 9.84 Å². The maximum atomic E-state index is 11.0. The minimum atomic E-state index is -0.998. The van der Waals surface area contributed by atoms with Crippen molar-refractivity contribution in [3.05, 3.63) is 34.3 Å². The van der Waals surface area contributed by atoms with Crippen LogP contribution in [0.2, 0.25) is 0 Å². The minimum absolute atomic E-state index is 0.0860. The maximum absolute atomic E-state index is 11.0. The minimum Gasteiger partial charge on any atom is -0.492 e. The third-order valence-corrected chi connectivity index (χ3v) is 2.86. The van der Waals surface area contributed by atoms with E-state index < -0.39 is 5.97 Å². The van der Waals surface area contributed by atoms with Crippen molar-refractivity contribution in [2.75, 3.05) is 13.7 Å². The Morgan fingerprint density at radius 2 is 2.21 bits per heavy atom. The van der Waals surface area contributed by atoms with Crippen LogP contribution in [-0.4, -0.2) is 30.6 Å². The molecule has 102 valence electrons. The van der Waals surface area contributed by atoms with Crippen molar-refractivity contribution < 1.29 is 19.4 Å². The summed E-state index contributed by atoms with van der Waals surface area (Å²) >= 11 is 3.33. The van der Waals surface area contributed by atoms with Gasteiger partial charge in [0.05, 0.1) is 17.5 Å². The molecular formula is C13H14BrNO4. The van der Waals surface area contributed by atoms with E-state index in [9.17, 15) is 9.59 Å². The number of hydrogen-bond donors (Lipinski definition) is 2. The number of carbonyl (C=O) groups excluding carboxylic acids is 1. The number of halogens is 1. The van der Waals surface area contributed by atoms with Crippen LogP contribution in [-0.2, 0) is 9.59 Å². The van der Waals surface area contributed by atoms with E-state index in [1.165, 1.54) is 6.08 Å². The number of aliphatic carboxylic acids is 1. The molecular weight excluding hydrogens is 314 g/mol. The molecule has 0 atom stereocenters. The van der Waals surface area contributed by atoms with E-state index >= 15 is 0 Å². The van der Waals surface area contributed by atoms with E-state index in [-0.39, 0.29) is 18.9 Å². The molecule has 1 aromatic carbocycles. The highest BCUT2D eigenvalue weighted by Crippen LogP contribution is 2.26. The topological polar surface area (TPSA) is 75.6 Å². The molecule has 0 aliphatic heterocycles. The number of hydrogen-bond acceptors (Lipinski definition) is 3. The molecule has 2 N–H and O–H groups in total. The Morgan fingerprint density at radius 1 is 1.47 bits per heavy atom. The first-order valence-electron chi connectivity index (χ1n) is 5.57. The number of ether oxygens (including phenoxy) is 1. The van der Waals surface area contributed by atoms with Gasteiger partial charge in [-0.15, -0.1) is 0 Å². The molecule has 0 fully saturated rings. The summed E-state index contributed by atoms with van der Waals surface area (Å²) in [5, 5.41) is 11.0. The zero-order chi connectivity index (χ0) is 14.3. The van der Waals surface area contributed by atoms with Crippen molar-refractivity contribution in [2.24, 2.45) is 0 Å². The standard InChI is InChI=1S/C13H14BrNO4/c1-15-12(16)6-7-19-11-4-2-9(8-10(11)14)3-5-13(17)18/h2-5,8H,6-7H2,1H3,(H,15,16)(H,17,18). The third kappa shape index (κ3) is 5.56. The van der Waals surface area contributed by atoms with Crippen molar-refractivity contribution in [1.82, 2.24) is 5.32 Å². The highest BCUT2D eigenvalue weighted by Gasteiger charge is 2.03. The van der Waals surface area contributed by atoms with Gasteiger partial charge in [0.15, 0.2) is 0 Å². The molecule has 0 heterocycles. The normalized spacial score (nSPS) is 10.4. The number of rotatable bonds is 6. The molecule has 0 saturated heterocycles. The molecule has 0 radical (unpaired) electrons. The van der Waals surface area contributed by atoms with Crippen molar-refractivity contribution in [3.8, 4) is 5.75 Å². The number of amides is 1. The summed E-state index contributed by atoms with van der Waals surface area (Å²) in [6, 6.07) is 5.20. The Labute approximate surface area is 119 Å². The molecule has 0 aromatic heterocycles. The second kappa shape index (κ2) is 7.58. The molecule has 6 heteroatoms. The van der Waals surface area contributed by atoms with Crippen molar-refractivity contribution >= 4 is 33.9 Å². The fraction of sp³-hybridized carbons (Fsp3) is 0.231. The summed E-state index contributed by atoms with van der Waals surface area (Å²) < 4.78 is 6.15. The van der Waals surface area contributed by atoms with Gasteiger partial charge in [0.2, 0.25) is 5.91 Å². The van der Waals surface area contributed by atoms with Gasteiger partial charge >= 0.3 is 5.97 Å². The molecule has 0 aliphatic carbocycles. The molecule has 0 aliphatic rings. The molecule has 1 rings (SSSR count). The Kier molecular flexibility index (Phi) is 6.08. The van der Waals surface area contributed by atoms with Crippen LogP contribution in [0.5, 0.6) is 5.75 Å². The number of carboxylic acid groups (broad SMARTS) is 1. The number of carboxylic acids is 1. The molecule has 0 unspecified atom stereocenters. The fourth-order valence-electron chi connectivity index (χ4n) is 1.28. The van der Waals surface area contributed by atoms with Gasteiger partial charge in [-0.3, -0.25) is 4.79 Å². The third-order valence-electron chi connectivity index (χ3n) is 2.24. The summed E-state index contributed by atoms with van der Waals surface area (Å²) in [4.78, 5) is 21.4. The van der Waals surface area contributed by atoms with Crippen LogP contribution in [0.4, 0.5) is 0 Å². The summed E-state index contributed by atoms with van der Waals surface area (Å²) in [6.07, 6.45) is 2.83. The second-order valence-electron chi connectivity index (χ2n) is 3.63. The van der Waals surface area contributed by atoms with Gasteiger partial charge in [0, 0.05) is 13.1 Å². The van der Waals surface area contributed by atoms with Gasteiger partial charge < -0.3 is 15.2 Å². The Morgan fingerprint density at radius 3 is 2.79 bits per heavy atom. The van der Waals surface area contributed by atoms with Crippen molar-refractivity contribution in [2.45, 2.75) is 6.42 Å². The number of benzene rings is 1.